The van der Waals surface area contributed by atoms with Crippen LogP contribution in [0, 0.1) is 11.3 Å². The molecule has 1 atom stereocenters. The second kappa shape index (κ2) is 12.2. The number of hydrogen-bond acceptors (Lipinski definition) is 11. The highest BCUT2D eigenvalue weighted by Crippen LogP contribution is 2.49. The predicted octanol–water partition coefficient (Wildman–Crippen LogP) is 5.24. The number of halogens is 1. The number of hydrogen-bond donors (Lipinski definition) is 2. The lowest BCUT2D eigenvalue weighted by molar-refractivity contribution is -0.116. The second-order valence-electron chi connectivity index (χ2n) is 9.12. The molecule has 10 nitrogen and oxygen atoms in total. The van der Waals surface area contributed by atoms with Crippen molar-refractivity contribution in [2.75, 3.05) is 30.2 Å². The number of amides is 1. The van der Waals surface area contributed by atoms with E-state index in [2.05, 4.69) is 21.6 Å². The molecule has 13 heteroatoms. The molecule has 41 heavy (non-hydrogen) atoms. The second-order valence-corrected chi connectivity index (χ2v) is 11.7. The van der Waals surface area contributed by atoms with Crippen LogP contribution in [0.25, 0.3) is 0 Å². The van der Waals surface area contributed by atoms with Crippen LogP contribution in [0.15, 0.2) is 69.5 Å². The van der Waals surface area contributed by atoms with E-state index < -0.39 is 5.92 Å². The summed E-state index contributed by atoms with van der Waals surface area (Å²) in [5, 5.41) is 22.6. The van der Waals surface area contributed by atoms with Gasteiger partial charge in [-0.1, -0.05) is 40.8 Å². The zero-order chi connectivity index (χ0) is 29.1. The number of methoxy groups -OCH3 is 2. The topological polar surface area (TPSA) is 143 Å². The molecule has 1 aromatic heterocycles. The Bertz CT molecular complexity index is 1610. The molecule has 1 aliphatic carbocycles. The molecule has 2 heterocycles. The maximum Gasteiger partial charge on any atom is 0.234 e. The number of nitrogens with one attached hydrogen (secondary N) is 1. The standard InChI is InChI=1S/C28H25ClN6O4S2/c1-38-17-10-11-18(22(12-17)39-2)24-19(13-30)26(31)35(20-4-3-5-21(36)25(20)24)27-33-34-28(41-27)40-14-23(37)32-16-8-6-15(29)7-9-16/h6-12,24H,3-5,14,31H2,1-2H3,(H,32,37). The molecule has 0 spiro atoms. The van der Waals surface area contributed by atoms with Gasteiger partial charge < -0.3 is 20.5 Å². The predicted molar refractivity (Wildman–Crippen MR) is 158 cm³/mol. The zero-order valence-corrected chi connectivity index (χ0v) is 24.5. The number of ketones is 1. The van der Waals surface area contributed by atoms with Crippen LogP contribution in [0.5, 0.6) is 11.5 Å². The fourth-order valence-corrected chi connectivity index (χ4v) is 6.69. The summed E-state index contributed by atoms with van der Waals surface area (Å²) in [4.78, 5) is 27.5. The van der Waals surface area contributed by atoms with Crippen molar-refractivity contribution in [1.29, 1.82) is 5.26 Å². The molecule has 0 radical (unpaired) electrons. The lowest BCUT2D eigenvalue weighted by Gasteiger charge is -2.38. The fraction of sp³-hybridized carbons (Fsp3) is 0.250. The van der Waals surface area contributed by atoms with Gasteiger partial charge in [0.15, 0.2) is 10.1 Å². The Kier molecular flexibility index (Phi) is 8.49. The van der Waals surface area contributed by atoms with E-state index in [0.29, 0.717) is 67.8 Å². The number of anilines is 2. The molecular weight excluding hydrogens is 584 g/mol. The summed E-state index contributed by atoms with van der Waals surface area (Å²) in [7, 11) is 3.08. The number of ether oxygens (including phenoxy) is 2. The highest BCUT2D eigenvalue weighted by molar-refractivity contribution is 8.01. The molecule has 0 bridgehead atoms. The highest BCUT2D eigenvalue weighted by atomic mass is 35.5. The van der Waals surface area contributed by atoms with Crippen LogP contribution < -0.4 is 25.4 Å². The molecule has 1 amide bonds. The Morgan fingerprint density at radius 2 is 2.00 bits per heavy atom. The quantitative estimate of drug-likeness (QED) is 0.326. The Hall–Kier alpha value is -4.05. The van der Waals surface area contributed by atoms with Crippen LogP contribution in [0.4, 0.5) is 10.8 Å². The number of nitrogens with two attached hydrogens (primary N) is 1. The van der Waals surface area contributed by atoms with E-state index in [1.807, 2.05) is 0 Å². The van der Waals surface area contributed by atoms with Gasteiger partial charge in [0.1, 0.15) is 17.3 Å². The SMILES string of the molecule is COc1ccc(C2C(C#N)=C(N)N(c3nnc(SCC(=O)Nc4ccc(Cl)cc4)s3)C3=C2C(=O)CCC3)c(OC)c1. The Morgan fingerprint density at radius 3 is 2.71 bits per heavy atom. The highest BCUT2D eigenvalue weighted by Gasteiger charge is 2.42. The van der Waals surface area contributed by atoms with Gasteiger partial charge in [-0.25, -0.2) is 0 Å². The third-order valence-corrected chi connectivity index (χ3v) is 9.00. The van der Waals surface area contributed by atoms with Gasteiger partial charge >= 0.3 is 0 Å². The number of rotatable bonds is 8. The molecule has 0 saturated carbocycles. The minimum absolute atomic E-state index is 0.0580. The first kappa shape index (κ1) is 28.5. The van der Waals surface area contributed by atoms with Crippen LogP contribution in [0.1, 0.15) is 30.7 Å². The molecule has 3 aromatic rings. The van der Waals surface area contributed by atoms with Crippen molar-refractivity contribution in [3.8, 4) is 17.6 Å². The number of carbonyl (C=O) groups excluding carboxylic acids is 2. The summed E-state index contributed by atoms with van der Waals surface area (Å²) in [6.07, 6.45) is 1.57. The maximum absolute atomic E-state index is 13.4. The normalized spacial score (nSPS) is 16.8. The minimum Gasteiger partial charge on any atom is -0.497 e. The minimum atomic E-state index is -0.696. The Morgan fingerprint density at radius 1 is 1.22 bits per heavy atom. The molecular formula is C28H25ClN6O4S2. The number of benzene rings is 2. The van der Waals surface area contributed by atoms with E-state index >= 15 is 0 Å². The number of aromatic nitrogens is 2. The Balaban J connectivity index is 1.45. The van der Waals surface area contributed by atoms with E-state index in [0.717, 1.165) is 0 Å². The van der Waals surface area contributed by atoms with Crippen LogP contribution in [0.3, 0.4) is 0 Å². The van der Waals surface area contributed by atoms with Crippen molar-refractivity contribution < 1.29 is 19.1 Å². The van der Waals surface area contributed by atoms with Crippen LogP contribution in [0.2, 0.25) is 5.02 Å². The van der Waals surface area contributed by atoms with Gasteiger partial charge in [-0.05, 0) is 43.2 Å². The average Bonchev–Trinajstić information content (AvgIpc) is 3.45. The monoisotopic (exact) mass is 608 g/mol. The maximum atomic E-state index is 13.4. The van der Waals surface area contributed by atoms with E-state index in [4.69, 9.17) is 26.8 Å². The average molecular weight is 609 g/mol. The smallest absolute Gasteiger partial charge is 0.234 e. The van der Waals surface area contributed by atoms with E-state index in [1.165, 1.54) is 30.2 Å². The Labute approximate surface area is 249 Å². The molecule has 0 saturated heterocycles. The zero-order valence-electron chi connectivity index (χ0n) is 22.1. The van der Waals surface area contributed by atoms with Crippen LogP contribution in [-0.2, 0) is 9.59 Å². The van der Waals surface area contributed by atoms with Gasteiger partial charge in [0.2, 0.25) is 11.0 Å². The van der Waals surface area contributed by atoms with Gasteiger partial charge in [0.25, 0.3) is 0 Å². The van der Waals surface area contributed by atoms with E-state index in [1.54, 1.807) is 54.5 Å². The molecule has 5 rings (SSSR count). The first-order valence-electron chi connectivity index (χ1n) is 12.5. The molecule has 1 unspecified atom stereocenters. The van der Waals surface area contributed by atoms with Crippen LogP contribution >= 0.6 is 34.7 Å². The van der Waals surface area contributed by atoms with Crippen molar-refractivity contribution in [3.63, 3.8) is 0 Å². The number of thioether (sulfide) groups is 1. The molecule has 2 aliphatic rings. The van der Waals surface area contributed by atoms with Crippen molar-refractivity contribution in [2.45, 2.75) is 29.5 Å². The first-order chi connectivity index (χ1) is 19.8. The van der Waals surface area contributed by atoms with E-state index in [9.17, 15) is 14.9 Å². The number of allylic oxidation sites excluding steroid dienone is 3. The van der Waals surface area contributed by atoms with Crippen molar-refractivity contribution in [2.24, 2.45) is 5.73 Å². The molecule has 0 fully saturated rings. The summed E-state index contributed by atoms with van der Waals surface area (Å²) >= 11 is 8.36. The number of nitriles is 1. The molecule has 210 valence electrons. The number of nitrogens with zero attached hydrogens (tertiary/aromatic N) is 4. The number of Topliss-reactive ketones (excluding diaryl/α,β-unsaturated/α-hetero) is 1. The summed E-state index contributed by atoms with van der Waals surface area (Å²) < 4.78 is 11.5. The van der Waals surface area contributed by atoms with Crippen molar-refractivity contribution in [1.82, 2.24) is 10.2 Å². The third-order valence-electron chi connectivity index (χ3n) is 6.71. The lowest BCUT2D eigenvalue weighted by atomic mass is 9.75. The van der Waals surface area contributed by atoms with Crippen molar-refractivity contribution >= 4 is 57.2 Å². The van der Waals surface area contributed by atoms with Gasteiger partial charge in [-0.15, -0.1) is 10.2 Å². The summed E-state index contributed by atoms with van der Waals surface area (Å²) in [6.45, 7) is 0. The third kappa shape index (κ3) is 5.74. The molecule has 3 N–H and O–H groups in total. The first-order valence-corrected chi connectivity index (χ1v) is 14.7. The van der Waals surface area contributed by atoms with Gasteiger partial charge in [0.05, 0.1) is 37.5 Å². The summed E-state index contributed by atoms with van der Waals surface area (Å²) in [6, 6.07) is 14.4. The van der Waals surface area contributed by atoms with Gasteiger partial charge in [0, 0.05) is 40.0 Å². The fourth-order valence-electron chi connectivity index (χ4n) is 4.88. The van der Waals surface area contributed by atoms with Gasteiger partial charge in [-0.2, -0.15) is 5.26 Å². The van der Waals surface area contributed by atoms with Crippen LogP contribution in [-0.4, -0.2) is 41.9 Å². The largest absolute Gasteiger partial charge is 0.497 e. The molecule has 1 aliphatic heterocycles. The lowest BCUT2D eigenvalue weighted by Crippen LogP contribution is -2.38. The van der Waals surface area contributed by atoms with Crippen molar-refractivity contribution in [3.05, 3.63) is 75.7 Å². The van der Waals surface area contributed by atoms with E-state index in [-0.39, 0.29) is 28.8 Å². The summed E-state index contributed by atoms with van der Waals surface area (Å²) in [5.41, 5.74) is 9.34. The molecule has 2 aromatic carbocycles. The summed E-state index contributed by atoms with van der Waals surface area (Å²) in [5.74, 6) is 0.395. The number of carbonyl (C=O) groups is 2. The van der Waals surface area contributed by atoms with Gasteiger partial charge in [-0.3, -0.25) is 14.5 Å².